The third kappa shape index (κ3) is 3.34. The second-order valence-electron chi connectivity index (χ2n) is 5.41. The van der Waals surface area contributed by atoms with E-state index < -0.39 is 0 Å². The van der Waals surface area contributed by atoms with E-state index in [0.29, 0.717) is 17.1 Å². The summed E-state index contributed by atoms with van der Waals surface area (Å²) in [5.74, 6) is 0. The standard InChI is InChI=1S/C19H16ClN3/c20-17-8-7-15-10-16(2-1-9-21)19(23-18(15)11-17)14-5-3-13(12-22)4-6-14/h3-8,10-11H,1-2,9,21H2. The van der Waals surface area contributed by atoms with Crippen LogP contribution in [0.15, 0.2) is 48.5 Å². The summed E-state index contributed by atoms with van der Waals surface area (Å²) in [6, 6.07) is 17.5. The number of benzene rings is 2. The van der Waals surface area contributed by atoms with Crippen molar-refractivity contribution in [2.45, 2.75) is 12.8 Å². The molecule has 0 atom stereocenters. The van der Waals surface area contributed by atoms with Crippen molar-refractivity contribution in [3.8, 4) is 17.3 Å². The van der Waals surface area contributed by atoms with Crippen LogP contribution in [0.25, 0.3) is 22.2 Å². The van der Waals surface area contributed by atoms with Gasteiger partial charge in [0, 0.05) is 16.0 Å². The van der Waals surface area contributed by atoms with Gasteiger partial charge in [0.1, 0.15) is 0 Å². The molecule has 0 bridgehead atoms. The molecule has 0 aliphatic rings. The predicted molar refractivity (Wildman–Crippen MR) is 94.3 cm³/mol. The topological polar surface area (TPSA) is 62.7 Å². The van der Waals surface area contributed by atoms with Crippen LogP contribution in [0.5, 0.6) is 0 Å². The summed E-state index contributed by atoms with van der Waals surface area (Å²) < 4.78 is 0. The first-order valence-corrected chi connectivity index (χ1v) is 7.89. The van der Waals surface area contributed by atoms with Crippen LogP contribution in [-0.4, -0.2) is 11.5 Å². The third-order valence-electron chi connectivity index (χ3n) is 3.80. The van der Waals surface area contributed by atoms with Gasteiger partial charge >= 0.3 is 0 Å². The van der Waals surface area contributed by atoms with Crippen LogP contribution in [0.4, 0.5) is 0 Å². The van der Waals surface area contributed by atoms with Crippen LogP contribution in [0.1, 0.15) is 17.5 Å². The molecule has 0 saturated carbocycles. The molecule has 0 amide bonds. The van der Waals surface area contributed by atoms with Crippen molar-refractivity contribution >= 4 is 22.5 Å². The van der Waals surface area contributed by atoms with Crippen molar-refractivity contribution in [2.75, 3.05) is 6.54 Å². The van der Waals surface area contributed by atoms with Gasteiger partial charge in [-0.05, 0) is 55.3 Å². The van der Waals surface area contributed by atoms with Gasteiger partial charge in [0.15, 0.2) is 0 Å². The molecule has 4 heteroatoms. The second-order valence-corrected chi connectivity index (χ2v) is 5.85. The smallest absolute Gasteiger partial charge is 0.0991 e. The maximum absolute atomic E-state index is 8.95. The van der Waals surface area contributed by atoms with Gasteiger partial charge in [-0.1, -0.05) is 29.8 Å². The van der Waals surface area contributed by atoms with Crippen molar-refractivity contribution in [3.63, 3.8) is 0 Å². The highest BCUT2D eigenvalue weighted by Gasteiger charge is 2.10. The van der Waals surface area contributed by atoms with Crippen LogP contribution in [-0.2, 0) is 6.42 Å². The van der Waals surface area contributed by atoms with E-state index in [9.17, 15) is 0 Å². The SMILES string of the molecule is N#Cc1ccc(-c2nc3cc(Cl)ccc3cc2CCCN)cc1. The summed E-state index contributed by atoms with van der Waals surface area (Å²) in [6.45, 7) is 0.644. The Hall–Kier alpha value is -2.41. The summed E-state index contributed by atoms with van der Waals surface area (Å²) in [5, 5.41) is 10.7. The molecule has 2 N–H and O–H groups in total. The molecular weight excluding hydrogens is 306 g/mol. The van der Waals surface area contributed by atoms with Crippen LogP contribution < -0.4 is 5.73 Å². The van der Waals surface area contributed by atoms with Gasteiger partial charge < -0.3 is 5.73 Å². The van der Waals surface area contributed by atoms with Crippen LogP contribution in [0.2, 0.25) is 5.02 Å². The van der Waals surface area contributed by atoms with E-state index in [2.05, 4.69) is 12.1 Å². The Balaban J connectivity index is 2.16. The van der Waals surface area contributed by atoms with E-state index in [4.69, 9.17) is 27.6 Å². The Kier molecular flexibility index (Phi) is 4.57. The second kappa shape index (κ2) is 6.78. The van der Waals surface area contributed by atoms with Crippen LogP contribution in [0, 0.1) is 11.3 Å². The van der Waals surface area contributed by atoms with Gasteiger partial charge in [-0.3, -0.25) is 0 Å². The maximum atomic E-state index is 8.95. The van der Waals surface area contributed by atoms with E-state index >= 15 is 0 Å². The van der Waals surface area contributed by atoms with Gasteiger partial charge in [0.05, 0.1) is 22.8 Å². The first-order valence-electron chi connectivity index (χ1n) is 7.51. The van der Waals surface area contributed by atoms with E-state index in [1.165, 1.54) is 0 Å². The van der Waals surface area contributed by atoms with Crippen molar-refractivity contribution in [2.24, 2.45) is 5.73 Å². The fraction of sp³-hybridized carbons (Fsp3) is 0.158. The highest BCUT2D eigenvalue weighted by atomic mass is 35.5. The van der Waals surface area contributed by atoms with E-state index in [1.807, 2.05) is 42.5 Å². The van der Waals surface area contributed by atoms with E-state index in [0.717, 1.165) is 40.6 Å². The fourth-order valence-electron chi connectivity index (χ4n) is 2.62. The molecule has 114 valence electrons. The monoisotopic (exact) mass is 321 g/mol. The number of aryl methyl sites for hydroxylation is 1. The minimum atomic E-state index is 0.640. The summed E-state index contributed by atoms with van der Waals surface area (Å²) in [5.41, 5.74) is 10.3. The number of pyridine rings is 1. The minimum absolute atomic E-state index is 0.640. The molecule has 3 rings (SSSR count). The highest BCUT2D eigenvalue weighted by molar-refractivity contribution is 6.31. The molecule has 2 aromatic carbocycles. The Morgan fingerprint density at radius 3 is 2.57 bits per heavy atom. The lowest BCUT2D eigenvalue weighted by atomic mass is 9.99. The highest BCUT2D eigenvalue weighted by Crippen LogP contribution is 2.28. The molecule has 3 nitrogen and oxygen atoms in total. The van der Waals surface area contributed by atoms with Gasteiger partial charge in [-0.15, -0.1) is 0 Å². The van der Waals surface area contributed by atoms with Gasteiger partial charge in [0.2, 0.25) is 0 Å². The number of hydrogen-bond acceptors (Lipinski definition) is 3. The number of halogens is 1. The number of nitrogens with two attached hydrogens (primary N) is 1. The van der Waals surface area contributed by atoms with Crippen LogP contribution >= 0.6 is 11.6 Å². The van der Waals surface area contributed by atoms with Crippen molar-refractivity contribution in [3.05, 3.63) is 64.7 Å². The normalized spacial score (nSPS) is 10.7. The molecule has 0 radical (unpaired) electrons. The molecule has 0 unspecified atom stereocenters. The quantitative estimate of drug-likeness (QED) is 0.778. The Morgan fingerprint density at radius 1 is 1.09 bits per heavy atom. The first kappa shape index (κ1) is 15.5. The zero-order valence-electron chi connectivity index (χ0n) is 12.6. The number of nitriles is 1. The van der Waals surface area contributed by atoms with E-state index in [1.54, 1.807) is 0 Å². The molecule has 1 heterocycles. The van der Waals surface area contributed by atoms with Gasteiger partial charge in [-0.2, -0.15) is 5.26 Å². The number of aromatic nitrogens is 1. The van der Waals surface area contributed by atoms with Crippen LogP contribution in [0.3, 0.4) is 0 Å². The van der Waals surface area contributed by atoms with Crippen molar-refractivity contribution < 1.29 is 0 Å². The summed E-state index contributed by atoms with van der Waals surface area (Å²) in [6.07, 6.45) is 1.78. The fourth-order valence-corrected chi connectivity index (χ4v) is 2.79. The molecule has 0 aliphatic carbocycles. The molecule has 0 aliphatic heterocycles. The van der Waals surface area contributed by atoms with Crippen molar-refractivity contribution in [1.82, 2.24) is 4.98 Å². The first-order chi connectivity index (χ1) is 11.2. The minimum Gasteiger partial charge on any atom is -0.330 e. The zero-order chi connectivity index (χ0) is 16.2. The Labute approximate surface area is 140 Å². The molecule has 1 aromatic heterocycles. The predicted octanol–water partition coefficient (Wildman–Crippen LogP) is 4.32. The summed E-state index contributed by atoms with van der Waals surface area (Å²) in [7, 11) is 0. The molecular formula is C19H16ClN3. The summed E-state index contributed by atoms with van der Waals surface area (Å²) >= 11 is 6.09. The third-order valence-corrected chi connectivity index (χ3v) is 4.03. The number of fused-ring (bicyclic) bond motifs is 1. The van der Waals surface area contributed by atoms with Gasteiger partial charge in [-0.25, -0.2) is 4.98 Å². The average molecular weight is 322 g/mol. The Morgan fingerprint density at radius 2 is 1.87 bits per heavy atom. The number of hydrogen-bond donors (Lipinski definition) is 1. The average Bonchev–Trinajstić information content (AvgIpc) is 2.59. The van der Waals surface area contributed by atoms with Gasteiger partial charge in [0.25, 0.3) is 0 Å². The largest absolute Gasteiger partial charge is 0.330 e. The number of rotatable bonds is 4. The number of nitrogens with zero attached hydrogens (tertiary/aromatic N) is 2. The molecule has 0 saturated heterocycles. The lowest BCUT2D eigenvalue weighted by Gasteiger charge is -2.11. The molecule has 0 spiro atoms. The lowest BCUT2D eigenvalue weighted by molar-refractivity contribution is 0.832. The maximum Gasteiger partial charge on any atom is 0.0991 e. The van der Waals surface area contributed by atoms with E-state index in [-0.39, 0.29) is 0 Å². The molecule has 3 aromatic rings. The Bertz CT molecular complexity index is 879. The summed E-state index contributed by atoms with van der Waals surface area (Å²) in [4.78, 5) is 4.81. The lowest BCUT2D eigenvalue weighted by Crippen LogP contribution is -2.02. The zero-order valence-corrected chi connectivity index (χ0v) is 13.3. The van der Waals surface area contributed by atoms with Crippen molar-refractivity contribution in [1.29, 1.82) is 5.26 Å². The molecule has 23 heavy (non-hydrogen) atoms. The molecule has 0 fully saturated rings.